The molecule has 0 radical (unpaired) electrons. The molecule has 0 amide bonds. The van der Waals surface area contributed by atoms with Crippen molar-refractivity contribution >= 4 is 17.7 Å². The molecule has 1 unspecified atom stereocenters. The fraction of sp³-hybridized carbons (Fsp3) is 0.105. The molecule has 0 saturated carbocycles. The van der Waals surface area contributed by atoms with E-state index in [0.717, 1.165) is 16.8 Å². The van der Waals surface area contributed by atoms with E-state index >= 15 is 0 Å². The molecular formula is C19H16N2O2. The van der Waals surface area contributed by atoms with Crippen LogP contribution in [0.3, 0.4) is 0 Å². The van der Waals surface area contributed by atoms with Gasteiger partial charge in [-0.15, -0.1) is 0 Å². The average Bonchev–Trinajstić information content (AvgIpc) is 3.02. The number of para-hydroxylation sites is 1. The summed E-state index contributed by atoms with van der Waals surface area (Å²) in [5.74, 6) is -0.302. The zero-order valence-electron chi connectivity index (χ0n) is 12.7. The summed E-state index contributed by atoms with van der Waals surface area (Å²) in [6.07, 6.45) is 5.93. The number of esters is 1. The number of carbonyl (C=O) groups excluding carboxylic acids is 1. The zero-order chi connectivity index (χ0) is 15.8. The topological polar surface area (TPSA) is 32.8 Å². The SMILES string of the molecule is COC(=O)C1=CN(c2ccccc2)N2C=Cc3ccccc3C12. The van der Waals surface area contributed by atoms with Crippen LogP contribution in [0.15, 0.2) is 72.6 Å². The van der Waals surface area contributed by atoms with Gasteiger partial charge in [0.25, 0.3) is 0 Å². The van der Waals surface area contributed by atoms with Crippen LogP contribution in [0.25, 0.3) is 6.08 Å². The Kier molecular flexibility index (Phi) is 3.15. The van der Waals surface area contributed by atoms with Gasteiger partial charge in [-0.3, -0.25) is 10.0 Å². The number of benzene rings is 2. The number of anilines is 1. The summed E-state index contributed by atoms with van der Waals surface area (Å²) in [5, 5.41) is 4.05. The Morgan fingerprint density at radius 2 is 1.78 bits per heavy atom. The lowest BCUT2D eigenvalue weighted by molar-refractivity contribution is -0.136. The molecule has 23 heavy (non-hydrogen) atoms. The van der Waals surface area contributed by atoms with Crippen molar-refractivity contribution in [3.63, 3.8) is 0 Å². The summed E-state index contributed by atoms with van der Waals surface area (Å²) in [7, 11) is 1.42. The van der Waals surface area contributed by atoms with Crippen LogP contribution in [0.4, 0.5) is 5.69 Å². The number of hydrogen-bond acceptors (Lipinski definition) is 4. The first-order chi connectivity index (χ1) is 11.3. The van der Waals surface area contributed by atoms with Crippen LogP contribution >= 0.6 is 0 Å². The summed E-state index contributed by atoms with van der Waals surface area (Å²) in [6, 6.07) is 17.9. The quantitative estimate of drug-likeness (QED) is 0.795. The molecule has 1 atom stereocenters. The summed E-state index contributed by atoms with van der Waals surface area (Å²) in [6.45, 7) is 0. The van der Waals surface area contributed by atoms with Gasteiger partial charge in [-0.05, 0) is 29.3 Å². The van der Waals surface area contributed by atoms with Gasteiger partial charge in [0.05, 0.1) is 18.4 Å². The highest BCUT2D eigenvalue weighted by Gasteiger charge is 2.39. The minimum absolute atomic E-state index is 0.163. The Bertz CT molecular complexity index is 811. The van der Waals surface area contributed by atoms with E-state index in [0.29, 0.717) is 5.57 Å². The number of hydrazine groups is 1. The lowest BCUT2D eigenvalue weighted by atomic mass is 9.93. The fourth-order valence-corrected chi connectivity index (χ4v) is 3.14. The fourth-order valence-electron chi connectivity index (χ4n) is 3.14. The van der Waals surface area contributed by atoms with Gasteiger partial charge in [0.1, 0.15) is 6.04 Å². The highest BCUT2D eigenvalue weighted by atomic mass is 16.5. The van der Waals surface area contributed by atoms with Gasteiger partial charge in [-0.25, -0.2) is 4.79 Å². The molecule has 0 spiro atoms. The predicted octanol–water partition coefficient (Wildman–Crippen LogP) is 3.51. The third-order valence-corrected chi connectivity index (χ3v) is 4.21. The first kappa shape index (κ1) is 13.6. The summed E-state index contributed by atoms with van der Waals surface area (Å²) in [5.41, 5.74) is 3.86. The third-order valence-electron chi connectivity index (χ3n) is 4.21. The van der Waals surface area contributed by atoms with Crippen LogP contribution in [-0.2, 0) is 9.53 Å². The summed E-state index contributed by atoms with van der Waals surface area (Å²) < 4.78 is 5.00. The van der Waals surface area contributed by atoms with Crippen molar-refractivity contribution < 1.29 is 9.53 Å². The van der Waals surface area contributed by atoms with Crippen LogP contribution in [0.1, 0.15) is 17.2 Å². The van der Waals surface area contributed by atoms with Crippen molar-refractivity contribution in [2.24, 2.45) is 0 Å². The Labute approximate surface area is 134 Å². The molecule has 0 saturated heterocycles. The van der Waals surface area contributed by atoms with E-state index in [1.807, 2.05) is 59.9 Å². The molecule has 0 bridgehead atoms. The largest absolute Gasteiger partial charge is 0.466 e. The predicted molar refractivity (Wildman–Crippen MR) is 89.1 cm³/mol. The maximum atomic E-state index is 12.3. The van der Waals surface area contributed by atoms with Gasteiger partial charge >= 0.3 is 5.97 Å². The van der Waals surface area contributed by atoms with E-state index in [1.165, 1.54) is 7.11 Å². The van der Waals surface area contributed by atoms with Crippen molar-refractivity contribution in [2.75, 3.05) is 12.1 Å². The van der Waals surface area contributed by atoms with Gasteiger partial charge in [0.2, 0.25) is 0 Å². The van der Waals surface area contributed by atoms with E-state index in [-0.39, 0.29) is 12.0 Å². The number of ether oxygens (including phenoxy) is 1. The molecule has 0 N–H and O–H groups in total. The first-order valence-electron chi connectivity index (χ1n) is 7.49. The van der Waals surface area contributed by atoms with E-state index in [4.69, 9.17) is 4.74 Å². The molecule has 2 aromatic rings. The van der Waals surface area contributed by atoms with E-state index in [2.05, 4.69) is 23.2 Å². The normalized spacial score (nSPS) is 18.3. The van der Waals surface area contributed by atoms with E-state index in [9.17, 15) is 4.79 Å². The number of hydrogen-bond donors (Lipinski definition) is 0. The second-order valence-electron chi connectivity index (χ2n) is 5.48. The van der Waals surface area contributed by atoms with E-state index < -0.39 is 0 Å². The van der Waals surface area contributed by atoms with Gasteiger partial charge in [-0.2, -0.15) is 0 Å². The van der Waals surface area contributed by atoms with Crippen molar-refractivity contribution in [2.45, 2.75) is 6.04 Å². The molecule has 4 rings (SSSR count). The third kappa shape index (κ3) is 2.11. The standard InChI is InChI=1S/C19H16N2O2/c1-23-19(22)17-13-21(15-8-3-2-4-9-15)20-12-11-14-7-5-6-10-16(14)18(17)20/h2-13,18H,1H3. The Balaban J connectivity index is 1.85. The molecule has 2 aliphatic heterocycles. The molecule has 0 aliphatic carbocycles. The maximum Gasteiger partial charge on any atom is 0.337 e. The van der Waals surface area contributed by atoms with Crippen LogP contribution in [-0.4, -0.2) is 18.1 Å². The van der Waals surface area contributed by atoms with Crippen molar-refractivity contribution in [1.29, 1.82) is 0 Å². The van der Waals surface area contributed by atoms with Gasteiger partial charge in [0.15, 0.2) is 0 Å². The van der Waals surface area contributed by atoms with Crippen molar-refractivity contribution in [3.8, 4) is 0 Å². The van der Waals surface area contributed by atoms with Crippen LogP contribution < -0.4 is 5.01 Å². The highest BCUT2D eigenvalue weighted by molar-refractivity contribution is 5.92. The van der Waals surface area contributed by atoms with E-state index in [1.54, 1.807) is 0 Å². The van der Waals surface area contributed by atoms with Crippen molar-refractivity contribution in [1.82, 2.24) is 5.01 Å². The number of rotatable bonds is 2. The minimum Gasteiger partial charge on any atom is -0.466 e. The summed E-state index contributed by atoms with van der Waals surface area (Å²) >= 11 is 0. The summed E-state index contributed by atoms with van der Waals surface area (Å²) in [4.78, 5) is 12.3. The second kappa shape index (κ2) is 5.32. The smallest absolute Gasteiger partial charge is 0.337 e. The molecule has 2 heterocycles. The lowest BCUT2D eigenvalue weighted by Crippen LogP contribution is -2.35. The molecule has 2 aromatic carbocycles. The zero-order valence-corrected chi connectivity index (χ0v) is 12.7. The molecule has 4 heteroatoms. The van der Waals surface area contributed by atoms with Crippen LogP contribution in [0.5, 0.6) is 0 Å². The Morgan fingerprint density at radius 1 is 1.04 bits per heavy atom. The van der Waals surface area contributed by atoms with Gasteiger partial charge < -0.3 is 4.74 Å². The average molecular weight is 304 g/mol. The monoisotopic (exact) mass is 304 g/mol. The molecule has 0 fully saturated rings. The molecule has 2 aliphatic rings. The number of carbonyl (C=O) groups is 1. The number of methoxy groups -OCH3 is 1. The Morgan fingerprint density at radius 3 is 2.57 bits per heavy atom. The van der Waals surface area contributed by atoms with Crippen LogP contribution in [0.2, 0.25) is 0 Å². The number of nitrogens with zero attached hydrogens (tertiary/aromatic N) is 2. The van der Waals surface area contributed by atoms with Gasteiger partial charge in [-0.1, -0.05) is 42.5 Å². The molecule has 0 aromatic heterocycles. The highest BCUT2D eigenvalue weighted by Crippen LogP contribution is 2.43. The number of fused-ring (bicyclic) bond motifs is 3. The van der Waals surface area contributed by atoms with Crippen LogP contribution in [0, 0.1) is 0 Å². The Hall–Kier alpha value is -3.01. The molecular weight excluding hydrogens is 288 g/mol. The van der Waals surface area contributed by atoms with Crippen molar-refractivity contribution in [3.05, 3.63) is 83.7 Å². The second-order valence-corrected chi connectivity index (χ2v) is 5.48. The first-order valence-corrected chi connectivity index (χ1v) is 7.49. The van der Waals surface area contributed by atoms with Gasteiger partial charge in [0, 0.05) is 12.4 Å². The lowest BCUT2D eigenvalue weighted by Gasteiger charge is -2.36. The maximum absolute atomic E-state index is 12.3. The molecule has 114 valence electrons. The minimum atomic E-state index is -0.302. The molecule has 4 nitrogen and oxygen atoms in total.